The van der Waals surface area contributed by atoms with Gasteiger partial charge in [-0.15, -0.1) is 0 Å². The summed E-state index contributed by atoms with van der Waals surface area (Å²) in [7, 11) is 0. The van der Waals surface area contributed by atoms with Crippen LogP contribution in [0.15, 0.2) is 65.3 Å². The molecule has 0 saturated carbocycles. The van der Waals surface area contributed by atoms with Gasteiger partial charge in [0.05, 0.1) is 5.56 Å². The van der Waals surface area contributed by atoms with Crippen LogP contribution in [0.25, 0.3) is 11.5 Å². The second kappa shape index (κ2) is 9.54. The third-order valence-electron chi connectivity index (χ3n) is 3.99. The maximum atomic E-state index is 12.2. The molecule has 0 radical (unpaired) electrons. The molecule has 3 rings (SSSR count). The minimum Gasteiger partial charge on any atom is -0.455 e. The zero-order valence-electron chi connectivity index (χ0n) is 16.3. The molecule has 2 N–H and O–H groups in total. The SMILES string of the molecule is CC(C)NC(=O)NCc1ccc(C(=O)OCc2coc(-c3ccccc3)n2)cc1. The largest absolute Gasteiger partial charge is 0.455 e. The Balaban J connectivity index is 1.50. The first-order valence-corrected chi connectivity index (χ1v) is 9.31. The number of hydrogen-bond acceptors (Lipinski definition) is 5. The molecule has 0 fully saturated rings. The Morgan fingerprint density at radius 2 is 1.79 bits per heavy atom. The Morgan fingerprint density at radius 3 is 2.48 bits per heavy atom. The van der Waals surface area contributed by atoms with E-state index in [0.29, 0.717) is 23.7 Å². The number of amides is 2. The topological polar surface area (TPSA) is 93.5 Å². The van der Waals surface area contributed by atoms with Gasteiger partial charge in [-0.25, -0.2) is 14.6 Å². The predicted octanol–water partition coefficient (Wildman–Crippen LogP) is 3.91. The molecule has 7 heteroatoms. The van der Waals surface area contributed by atoms with Crippen LogP contribution in [0.4, 0.5) is 4.79 Å². The molecule has 0 unspecified atom stereocenters. The van der Waals surface area contributed by atoms with Crippen LogP contribution < -0.4 is 10.6 Å². The summed E-state index contributed by atoms with van der Waals surface area (Å²) < 4.78 is 10.7. The smallest absolute Gasteiger partial charge is 0.338 e. The standard InChI is InChI=1S/C22H23N3O4/c1-15(2)24-22(27)23-12-16-8-10-18(11-9-16)21(26)29-14-19-13-28-20(25-19)17-6-4-3-5-7-17/h3-11,13,15H,12,14H2,1-2H3,(H2,23,24,27). The lowest BCUT2D eigenvalue weighted by atomic mass is 10.1. The van der Waals surface area contributed by atoms with Crippen LogP contribution in [-0.4, -0.2) is 23.0 Å². The molecule has 2 amide bonds. The summed E-state index contributed by atoms with van der Waals surface area (Å²) in [6.45, 7) is 4.17. The number of carbonyl (C=O) groups excluding carboxylic acids is 2. The molecule has 0 aliphatic rings. The molecule has 0 atom stereocenters. The van der Waals surface area contributed by atoms with E-state index >= 15 is 0 Å². The van der Waals surface area contributed by atoms with Gasteiger partial charge in [-0.05, 0) is 43.7 Å². The molecular weight excluding hydrogens is 370 g/mol. The normalized spacial score (nSPS) is 10.6. The van der Waals surface area contributed by atoms with Gasteiger partial charge < -0.3 is 19.8 Å². The van der Waals surface area contributed by atoms with Gasteiger partial charge >= 0.3 is 12.0 Å². The van der Waals surface area contributed by atoms with Gasteiger partial charge in [0.1, 0.15) is 18.6 Å². The number of urea groups is 1. The summed E-state index contributed by atoms with van der Waals surface area (Å²) >= 11 is 0. The van der Waals surface area contributed by atoms with Crippen molar-refractivity contribution in [2.24, 2.45) is 0 Å². The van der Waals surface area contributed by atoms with Crippen LogP contribution in [0.2, 0.25) is 0 Å². The molecular formula is C22H23N3O4. The van der Waals surface area contributed by atoms with E-state index in [1.165, 1.54) is 6.26 Å². The molecule has 0 aliphatic carbocycles. The minimum absolute atomic E-state index is 0.0217. The molecule has 3 aromatic rings. The monoisotopic (exact) mass is 393 g/mol. The Kier molecular flexibility index (Phi) is 6.63. The van der Waals surface area contributed by atoms with Crippen molar-refractivity contribution in [1.82, 2.24) is 15.6 Å². The van der Waals surface area contributed by atoms with Gasteiger partial charge in [0.25, 0.3) is 0 Å². The van der Waals surface area contributed by atoms with Crippen molar-refractivity contribution in [1.29, 1.82) is 0 Å². The molecule has 2 aromatic carbocycles. The molecule has 0 aliphatic heterocycles. The lowest BCUT2D eigenvalue weighted by Gasteiger charge is -2.10. The van der Waals surface area contributed by atoms with E-state index < -0.39 is 5.97 Å². The highest BCUT2D eigenvalue weighted by Gasteiger charge is 2.11. The second-order valence-electron chi connectivity index (χ2n) is 6.76. The van der Waals surface area contributed by atoms with Gasteiger partial charge in [-0.3, -0.25) is 0 Å². The summed E-state index contributed by atoms with van der Waals surface area (Å²) in [5.41, 5.74) is 2.70. The number of oxazole rings is 1. The van der Waals surface area contributed by atoms with Gasteiger partial charge in [-0.2, -0.15) is 0 Å². The summed E-state index contributed by atoms with van der Waals surface area (Å²) in [6, 6.07) is 16.2. The Labute approximate surface area is 169 Å². The summed E-state index contributed by atoms with van der Waals surface area (Å²) in [4.78, 5) is 28.2. The number of esters is 1. The van der Waals surface area contributed by atoms with Gasteiger partial charge in [0, 0.05) is 18.2 Å². The molecule has 7 nitrogen and oxygen atoms in total. The van der Waals surface area contributed by atoms with Gasteiger partial charge in [-0.1, -0.05) is 30.3 Å². The van der Waals surface area contributed by atoms with Crippen molar-refractivity contribution in [3.63, 3.8) is 0 Å². The summed E-state index contributed by atoms with van der Waals surface area (Å²) in [5, 5.41) is 5.51. The van der Waals surface area contributed by atoms with Crippen LogP contribution in [0.5, 0.6) is 0 Å². The van der Waals surface area contributed by atoms with Crippen LogP contribution in [-0.2, 0) is 17.9 Å². The first-order chi connectivity index (χ1) is 14.0. The summed E-state index contributed by atoms with van der Waals surface area (Å²) in [5.74, 6) is 0.0290. The molecule has 0 bridgehead atoms. The fraction of sp³-hybridized carbons (Fsp3) is 0.227. The van der Waals surface area contributed by atoms with Crippen LogP contribution in [0.3, 0.4) is 0 Å². The number of rotatable bonds is 7. The third kappa shape index (κ3) is 5.93. The number of aromatic nitrogens is 1. The molecule has 0 saturated heterocycles. The average molecular weight is 393 g/mol. The molecule has 0 spiro atoms. The van der Waals surface area contributed by atoms with E-state index in [2.05, 4.69) is 15.6 Å². The van der Waals surface area contributed by atoms with Gasteiger partial charge in [0.2, 0.25) is 5.89 Å². The highest BCUT2D eigenvalue weighted by molar-refractivity contribution is 5.89. The fourth-order valence-electron chi connectivity index (χ4n) is 2.56. The van der Waals surface area contributed by atoms with Crippen molar-refractivity contribution in [2.75, 3.05) is 0 Å². The Morgan fingerprint density at radius 1 is 1.07 bits per heavy atom. The van der Waals surface area contributed by atoms with E-state index in [0.717, 1.165) is 11.1 Å². The maximum absolute atomic E-state index is 12.2. The number of ether oxygens (including phenoxy) is 1. The fourth-order valence-corrected chi connectivity index (χ4v) is 2.56. The zero-order chi connectivity index (χ0) is 20.6. The lowest BCUT2D eigenvalue weighted by Crippen LogP contribution is -2.39. The molecule has 1 aromatic heterocycles. The van der Waals surface area contributed by atoms with Crippen LogP contribution in [0.1, 0.15) is 35.5 Å². The van der Waals surface area contributed by atoms with Crippen LogP contribution in [0, 0.1) is 0 Å². The first-order valence-electron chi connectivity index (χ1n) is 9.31. The zero-order valence-corrected chi connectivity index (χ0v) is 16.3. The van der Waals surface area contributed by atoms with Crippen molar-refractivity contribution >= 4 is 12.0 Å². The Bertz CT molecular complexity index is 950. The number of benzene rings is 2. The average Bonchev–Trinajstić information content (AvgIpc) is 3.20. The molecule has 150 valence electrons. The van der Waals surface area contributed by atoms with E-state index in [1.54, 1.807) is 24.3 Å². The van der Waals surface area contributed by atoms with E-state index in [9.17, 15) is 9.59 Å². The predicted molar refractivity (Wildman–Crippen MR) is 108 cm³/mol. The lowest BCUT2D eigenvalue weighted by molar-refractivity contribution is 0.0467. The van der Waals surface area contributed by atoms with Crippen LogP contribution >= 0.6 is 0 Å². The van der Waals surface area contributed by atoms with Crippen molar-refractivity contribution in [3.05, 3.63) is 77.7 Å². The number of nitrogens with one attached hydrogen (secondary N) is 2. The highest BCUT2D eigenvalue weighted by Crippen LogP contribution is 2.18. The van der Waals surface area contributed by atoms with E-state index in [4.69, 9.17) is 9.15 Å². The van der Waals surface area contributed by atoms with Gasteiger partial charge in [0.15, 0.2) is 0 Å². The molecule has 1 heterocycles. The van der Waals surface area contributed by atoms with E-state index in [-0.39, 0.29) is 18.7 Å². The van der Waals surface area contributed by atoms with Crippen molar-refractivity contribution in [3.8, 4) is 11.5 Å². The first kappa shape index (κ1) is 20.1. The molecule has 29 heavy (non-hydrogen) atoms. The number of carbonyl (C=O) groups is 2. The summed E-state index contributed by atoms with van der Waals surface area (Å²) in [6.07, 6.45) is 1.48. The highest BCUT2D eigenvalue weighted by atomic mass is 16.5. The number of nitrogens with zero attached hydrogens (tertiary/aromatic N) is 1. The Hall–Kier alpha value is -3.61. The van der Waals surface area contributed by atoms with Crippen molar-refractivity contribution < 1.29 is 18.7 Å². The second-order valence-corrected chi connectivity index (χ2v) is 6.76. The maximum Gasteiger partial charge on any atom is 0.338 e. The number of hydrogen-bond donors (Lipinski definition) is 2. The quantitative estimate of drug-likeness (QED) is 0.594. The minimum atomic E-state index is -0.452. The van der Waals surface area contributed by atoms with E-state index in [1.807, 2.05) is 44.2 Å². The van der Waals surface area contributed by atoms with Crippen molar-refractivity contribution in [2.45, 2.75) is 33.0 Å². The third-order valence-corrected chi connectivity index (χ3v) is 3.99.